The molecule has 168 valence electrons. The number of halogens is 15. The van der Waals surface area contributed by atoms with Gasteiger partial charge in [0.2, 0.25) is 0 Å². The van der Waals surface area contributed by atoms with Crippen molar-refractivity contribution in [1.29, 1.82) is 0 Å². The van der Waals surface area contributed by atoms with Gasteiger partial charge in [0.25, 0.3) is 0 Å². The molecule has 0 saturated carbocycles. The zero-order valence-electron chi connectivity index (χ0n) is 13.5. The molecule has 1 unspecified atom stereocenters. The smallest absolute Gasteiger partial charge is 0.349 e. The minimum Gasteiger partial charge on any atom is -0.349 e. The van der Waals surface area contributed by atoms with Crippen molar-refractivity contribution in [3.63, 3.8) is 0 Å². The Morgan fingerprint density at radius 1 is 0.607 bits per heavy atom. The molecule has 28 heavy (non-hydrogen) atoms. The molecule has 0 fully saturated rings. The molecule has 0 aromatic rings. The fraction of sp³-hybridized carbons (Fsp3) is 0.833. The minimum absolute atomic E-state index is 0.512. The normalized spacial score (nSPS) is 17.9. The summed E-state index contributed by atoms with van der Waals surface area (Å²) in [6.45, 7) is -0.736. The molecular formula is C12H10F15N. The van der Waals surface area contributed by atoms with Crippen LogP contribution < -0.4 is 0 Å². The lowest BCUT2D eigenvalue weighted by Gasteiger charge is -2.40. The van der Waals surface area contributed by atoms with Crippen molar-refractivity contribution in [2.24, 2.45) is 0 Å². The van der Waals surface area contributed by atoms with E-state index in [9.17, 15) is 65.9 Å². The van der Waals surface area contributed by atoms with Crippen LogP contribution in [-0.2, 0) is 0 Å². The van der Waals surface area contributed by atoms with E-state index in [0.717, 1.165) is 0 Å². The van der Waals surface area contributed by atoms with Crippen LogP contribution in [0.2, 0.25) is 0 Å². The van der Waals surface area contributed by atoms with Gasteiger partial charge in [-0.1, -0.05) is 0 Å². The number of alkyl halides is 14. The number of hydrogen-bond acceptors (Lipinski definition) is 1. The molecule has 0 N–H and O–H groups in total. The second-order valence-electron chi connectivity index (χ2n) is 5.14. The fourth-order valence-corrected chi connectivity index (χ4v) is 1.96. The molecule has 0 aliphatic rings. The molecule has 0 aromatic heterocycles. The second kappa shape index (κ2) is 7.39. The molecule has 0 spiro atoms. The molecule has 0 aromatic carbocycles. The Morgan fingerprint density at radius 3 is 1.18 bits per heavy atom. The average molecular weight is 453 g/mol. The van der Waals surface area contributed by atoms with Gasteiger partial charge in [-0.15, -0.1) is 0 Å². The van der Waals surface area contributed by atoms with Crippen LogP contribution in [0, 0.1) is 0 Å². The summed E-state index contributed by atoms with van der Waals surface area (Å²) in [4.78, 5) is -0.512. The summed E-state index contributed by atoms with van der Waals surface area (Å²) in [5, 5.41) is 0. The molecule has 0 aliphatic carbocycles. The summed E-state index contributed by atoms with van der Waals surface area (Å²) in [7, 11) is 0. The predicted octanol–water partition coefficient (Wildman–Crippen LogP) is 6.18. The minimum atomic E-state index is -7.91. The largest absolute Gasteiger partial charge is 0.458 e. The summed E-state index contributed by atoms with van der Waals surface area (Å²) in [6, 6.07) is 0. The monoisotopic (exact) mass is 453 g/mol. The van der Waals surface area contributed by atoms with E-state index in [-0.39, 0.29) is 0 Å². The first kappa shape index (κ1) is 26.5. The van der Waals surface area contributed by atoms with E-state index in [2.05, 4.69) is 0 Å². The maximum atomic E-state index is 14.2. The lowest BCUT2D eigenvalue weighted by molar-refractivity contribution is -0.383. The van der Waals surface area contributed by atoms with Crippen LogP contribution in [0.3, 0.4) is 0 Å². The van der Waals surface area contributed by atoms with Gasteiger partial charge < -0.3 is 4.90 Å². The van der Waals surface area contributed by atoms with Gasteiger partial charge in [-0.2, -0.15) is 61.5 Å². The summed E-state index contributed by atoms with van der Waals surface area (Å²) >= 11 is 0. The maximum Gasteiger partial charge on any atom is 0.458 e. The van der Waals surface area contributed by atoms with Crippen LogP contribution in [-0.4, -0.2) is 54.0 Å². The van der Waals surface area contributed by atoms with Crippen LogP contribution in [0.1, 0.15) is 13.8 Å². The highest BCUT2D eigenvalue weighted by Gasteiger charge is 2.87. The van der Waals surface area contributed by atoms with Crippen molar-refractivity contribution in [2.45, 2.75) is 49.9 Å². The van der Waals surface area contributed by atoms with Gasteiger partial charge in [0.15, 0.2) is 5.95 Å². The van der Waals surface area contributed by atoms with Crippen molar-refractivity contribution < 1.29 is 65.9 Å². The molecular weight excluding hydrogens is 443 g/mol. The first-order chi connectivity index (χ1) is 12.1. The first-order valence-corrected chi connectivity index (χ1v) is 6.86. The summed E-state index contributed by atoms with van der Waals surface area (Å²) in [6.07, 6.45) is -22.7. The second-order valence-corrected chi connectivity index (χ2v) is 5.14. The van der Waals surface area contributed by atoms with Gasteiger partial charge in [-0.05, 0) is 13.8 Å². The van der Waals surface area contributed by atoms with Gasteiger partial charge in [0.1, 0.15) is 5.57 Å². The molecule has 0 rings (SSSR count). The number of rotatable bonds is 6. The lowest BCUT2D eigenvalue weighted by Crippen LogP contribution is -2.67. The highest BCUT2D eigenvalue weighted by molar-refractivity contribution is 5.36. The third-order valence-electron chi connectivity index (χ3n) is 3.44. The van der Waals surface area contributed by atoms with E-state index < -0.39 is 65.6 Å². The Morgan fingerprint density at radius 2 is 0.964 bits per heavy atom. The van der Waals surface area contributed by atoms with E-state index in [1.807, 2.05) is 0 Å². The Kier molecular flexibility index (Phi) is 6.99. The van der Waals surface area contributed by atoms with Gasteiger partial charge in [-0.25, -0.2) is 4.39 Å². The van der Waals surface area contributed by atoms with Crippen LogP contribution in [0.5, 0.6) is 0 Å². The fourth-order valence-electron chi connectivity index (χ4n) is 1.96. The molecule has 1 atom stereocenters. The standard InChI is InChI=1S/C12H10F15N/c1-3-28(4-2)6(13)5(8(15,16)11(22,23)24)7(14,10(19,20)21)9(17,18)12(25,26)27/h3-4H2,1-2H3/b6-5+. The number of allylic oxidation sites excluding steroid dienone is 1. The van der Waals surface area contributed by atoms with Crippen LogP contribution in [0.25, 0.3) is 0 Å². The van der Waals surface area contributed by atoms with E-state index in [0.29, 0.717) is 13.8 Å². The van der Waals surface area contributed by atoms with Crippen LogP contribution in [0.4, 0.5) is 65.9 Å². The van der Waals surface area contributed by atoms with E-state index in [1.165, 1.54) is 0 Å². The predicted molar refractivity (Wildman–Crippen MR) is 63.0 cm³/mol. The highest BCUT2D eigenvalue weighted by Crippen LogP contribution is 2.61. The third-order valence-corrected chi connectivity index (χ3v) is 3.44. The van der Waals surface area contributed by atoms with E-state index >= 15 is 0 Å². The quantitative estimate of drug-likeness (QED) is 0.343. The van der Waals surface area contributed by atoms with Gasteiger partial charge >= 0.3 is 36.0 Å². The number of hydrogen-bond donors (Lipinski definition) is 0. The molecule has 0 amide bonds. The van der Waals surface area contributed by atoms with Crippen molar-refractivity contribution >= 4 is 0 Å². The zero-order chi connectivity index (χ0) is 23.1. The van der Waals surface area contributed by atoms with Gasteiger partial charge in [0.05, 0.1) is 0 Å². The summed E-state index contributed by atoms with van der Waals surface area (Å²) in [5.41, 5.74) is -12.5. The van der Waals surface area contributed by atoms with Crippen molar-refractivity contribution in [1.82, 2.24) is 4.90 Å². The maximum absolute atomic E-state index is 14.2. The Balaban J connectivity index is 7.60. The van der Waals surface area contributed by atoms with Crippen molar-refractivity contribution in [3.8, 4) is 0 Å². The summed E-state index contributed by atoms with van der Waals surface area (Å²) in [5.74, 6) is -18.9. The van der Waals surface area contributed by atoms with Gasteiger partial charge in [0, 0.05) is 13.1 Å². The zero-order valence-corrected chi connectivity index (χ0v) is 13.5. The highest BCUT2D eigenvalue weighted by atomic mass is 19.4. The topological polar surface area (TPSA) is 3.24 Å². The van der Waals surface area contributed by atoms with Crippen LogP contribution >= 0.6 is 0 Å². The van der Waals surface area contributed by atoms with E-state index in [1.54, 1.807) is 0 Å². The average Bonchev–Trinajstić information content (AvgIpc) is 2.44. The first-order valence-electron chi connectivity index (χ1n) is 6.86. The molecule has 0 radical (unpaired) electrons. The Hall–Kier alpha value is -1.51. The van der Waals surface area contributed by atoms with Gasteiger partial charge in [-0.3, -0.25) is 0 Å². The van der Waals surface area contributed by atoms with E-state index in [4.69, 9.17) is 0 Å². The van der Waals surface area contributed by atoms with Crippen molar-refractivity contribution in [2.75, 3.05) is 13.1 Å². The molecule has 0 bridgehead atoms. The molecule has 16 heteroatoms. The summed E-state index contributed by atoms with van der Waals surface area (Å²) < 4.78 is 195. The van der Waals surface area contributed by atoms with Crippen LogP contribution in [0.15, 0.2) is 11.5 Å². The number of nitrogens with zero attached hydrogens (tertiary/aromatic N) is 1. The third kappa shape index (κ3) is 3.95. The van der Waals surface area contributed by atoms with Crippen molar-refractivity contribution in [3.05, 3.63) is 11.5 Å². The SMILES string of the molecule is CCN(CC)/C(F)=C(/C(F)(F)C(F)(F)F)C(F)(C(F)(F)F)C(F)(F)C(F)(F)F. The molecule has 0 aliphatic heterocycles. The molecule has 0 saturated heterocycles. The Labute approximate surface area is 146 Å². The molecule has 1 nitrogen and oxygen atoms in total. The Bertz CT molecular complexity index is 577. The molecule has 0 heterocycles. The lowest BCUT2D eigenvalue weighted by atomic mass is 9.83.